The first-order chi connectivity index (χ1) is 7.95. The number of rotatable bonds is 4. The van der Waals surface area contributed by atoms with Gasteiger partial charge in [-0.3, -0.25) is 0 Å². The number of nitrogen functional groups attached to an aromatic ring is 1. The van der Waals surface area contributed by atoms with Gasteiger partial charge < -0.3 is 10.5 Å². The van der Waals surface area contributed by atoms with E-state index in [2.05, 4.69) is 5.92 Å². The molecule has 5 heteroatoms. The molecule has 0 aromatic heterocycles. The first-order valence-electron chi connectivity index (χ1n) is 4.98. The summed E-state index contributed by atoms with van der Waals surface area (Å²) in [6.07, 6.45) is 1.85. The van der Waals surface area contributed by atoms with Gasteiger partial charge in [0, 0.05) is 6.42 Å². The number of nitrogens with two attached hydrogens (primary N) is 1. The number of benzene rings is 1. The first-order valence-corrected chi connectivity index (χ1v) is 4.98. The maximum atomic E-state index is 12.3. The molecule has 0 saturated heterocycles. The molecule has 2 N–H and O–H groups in total. The number of anilines is 1. The summed E-state index contributed by atoms with van der Waals surface area (Å²) >= 11 is 0. The van der Waals surface area contributed by atoms with Crippen LogP contribution in [0.1, 0.15) is 18.4 Å². The molecule has 0 bridgehead atoms. The minimum atomic E-state index is -4.39. The molecule has 0 saturated carbocycles. The Kier molecular flexibility index (Phi) is 4.27. The van der Waals surface area contributed by atoms with E-state index in [-0.39, 0.29) is 11.4 Å². The summed E-state index contributed by atoms with van der Waals surface area (Å²) in [6, 6.07) is 3.01. The molecule has 0 radical (unpaired) electrons. The van der Waals surface area contributed by atoms with Crippen LogP contribution in [0, 0.1) is 12.3 Å². The van der Waals surface area contributed by atoms with E-state index >= 15 is 0 Å². The lowest BCUT2D eigenvalue weighted by Crippen LogP contribution is -2.07. The van der Waals surface area contributed by atoms with Crippen molar-refractivity contribution in [1.82, 2.24) is 0 Å². The number of unbranched alkanes of at least 4 members (excludes halogenated alkanes) is 1. The Hall–Kier alpha value is -1.83. The molecule has 2 nitrogen and oxygen atoms in total. The Balaban J connectivity index is 2.68. The van der Waals surface area contributed by atoms with Gasteiger partial charge in [0.05, 0.1) is 17.9 Å². The van der Waals surface area contributed by atoms with E-state index < -0.39 is 11.7 Å². The van der Waals surface area contributed by atoms with E-state index in [0.717, 1.165) is 12.1 Å². The van der Waals surface area contributed by atoms with Gasteiger partial charge in [-0.15, -0.1) is 12.3 Å². The molecule has 0 aliphatic heterocycles. The fourth-order valence-corrected chi connectivity index (χ4v) is 1.21. The number of ether oxygens (including phenoxy) is 1. The van der Waals surface area contributed by atoms with Crippen LogP contribution in [0.2, 0.25) is 0 Å². The van der Waals surface area contributed by atoms with Crippen LogP contribution in [-0.4, -0.2) is 6.61 Å². The summed E-state index contributed by atoms with van der Waals surface area (Å²) in [6.45, 7) is 0.333. The third kappa shape index (κ3) is 3.91. The summed E-state index contributed by atoms with van der Waals surface area (Å²) < 4.78 is 42.2. The average Bonchev–Trinajstić information content (AvgIpc) is 2.24. The lowest BCUT2D eigenvalue weighted by atomic mass is 10.2. The molecule has 0 aliphatic carbocycles. The zero-order chi connectivity index (χ0) is 12.9. The molecular weight excluding hydrogens is 231 g/mol. The van der Waals surface area contributed by atoms with Crippen molar-refractivity contribution in [3.8, 4) is 18.1 Å². The normalized spacial score (nSPS) is 10.9. The Morgan fingerprint density at radius 2 is 2.06 bits per heavy atom. The highest BCUT2D eigenvalue weighted by Gasteiger charge is 2.30. The molecular formula is C12H12F3NO. The molecule has 0 heterocycles. The van der Waals surface area contributed by atoms with Crippen molar-refractivity contribution in [3.63, 3.8) is 0 Å². The van der Waals surface area contributed by atoms with Crippen molar-refractivity contribution in [2.24, 2.45) is 0 Å². The molecule has 0 atom stereocenters. The molecule has 1 rings (SSSR count). The van der Waals surface area contributed by atoms with Gasteiger partial charge in [0.15, 0.2) is 0 Å². The lowest BCUT2D eigenvalue weighted by molar-refractivity contribution is -0.137. The first kappa shape index (κ1) is 13.2. The largest absolute Gasteiger partial charge is 0.491 e. The van der Waals surface area contributed by atoms with E-state index in [1.165, 1.54) is 6.07 Å². The van der Waals surface area contributed by atoms with E-state index in [0.29, 0.717) is 19.4 Å². The Labute approximate surface area is 97.6 Å². The van der Waals surface area contributed by atoms with Gasteiger partial charge in [-0.25, -0.2) is 0 Å². The zero-order valence-electron chi connectivity index (χ0n) is 9.05. The monoisotopic (exact) mass is 243 g/mol. The van der Waals surface area contributed by atoms with E-state index in [1.807, 2.05) is 0 Å². The van der Waals surface area contributed by atoms with Gasteiger partial charge in [-0.1, -0.05) is 0 Å². The van der Waals surface area contributed by atoms with E-state index in [9.17, 15) is 13.2 Å². The zero-order valence-corrected chi connectivity index (χ0v) is 9.05. The number of alkyl halides is 3. The molecule has 1 aromatic rings. The number of hydrogen-bond donors (Lipinski definition) is 1. The summed E-state index contributed by atoms with van der Waals surface area (Å²) in [5.41, 5.74) is 4.65. The smallest absolute Gasteiger partial charge is 0.416 e. The van der Waals surface area contributed by atoms with Crippen molar-refractivity contribution in [2.45, 2.75) is 19.0 Å². The Morgan fingerprint density at radius 1 is 1.35 bits per heavy atom. The second-order valence-corrected chi connectivity index (χ2v) is 3.41. The van der Waals surface area contributed by atoms with Gasteiger partial charge in [-0.2, -0.15) is 13.2 Å². The summed E-state index contributed by atoms with van der Waals surface area (Å²) in [5, 5.41) is 0. The lowest BCUT2D eigenvalue weighted by Gasteiger charge is -2.11. The second-order valence-electron chi connectivity index (χ2n) is 3.41. The summed E-state index contributed by atoms with van der Waals surface area (Å²) in [4.78, 5) is 0. The molecule has 0 spiro atoms. The second kappa shape index (κ2) is 5.48. The SMILES string of the molecule is C#CCCCOc1ccc(C(F)(F)F)cc1N. The van der Waals surface area contributed by atoms with Crippen LogP contribution < -0.4 is 10.5 Å². The minimum absolute atomic E-state index is 0.0273. The van der Waals surface area contributed by atoms with Crippen molar-refractivity contribution in [2.75, 3.05) is 12.3 Å². The number of hydrogen-bond acceptors (Lipinski definition) is 2. The highest BCUT2D eigenvalue weighted by Crippen LogP contribution is 2.33. The third-order valence-electron chi connectivity index (χ3n) is 2.06. The van der Waals surface area contributed by atoms with Crippen molar-refractivity contribution >= 4 is 5.69 Å². The maximum absolute atomic E-state index is 12.3. The Bertz CT molecular complexity index is 421. The van der Waals surface area contributed by atoms with Gasteiger partial charge in [-0.05, 0) is 24.6 Å². The van der Waals surface area contributed by atoms with Crippen LogP contribution in [-0.2, 0) is 6.18 Å². The molecule has 0 aliphatic rings. The predicted molar refractivity (Wildman–Crippen MR) is 59.4 cm³/mol. The van der Waals surface area contributed by atoms with Crippen LogP contribution in [0.5, 0.6) is 5.75 Å². The van der Waals surface area contributed by atoms with Gasteiger partial charge >= 0.3 is 6.18 Å². The topological polar surface area (TPSA) is 35.2 Å². The van der Waals surface area contributed by atoms with Gasteiger partial charge in [0.1, 0.15) is 5.75 Å². The van der Waals surface area contributed by atoms with Crippen LogP contribution in [0.4, 0.5) is 18.9 Å². The number of terminal acetylenes is 1. The fourth-order valence-electron chi connectivity index (χ4n) is 1.21. The van der Waals surface area contributed by atoms with E-state index in [4.69, 9.17) is 16.9 Å². The molecule has 0 fully saturated rings. The molecule has 17 heavy (non-hydrogen) atoms. The number of halogens is 3. The van der Waals surface area contributed by atoms with Crippen molar-refractivity contribution < 1.29 is 17.9 Å². The van der Waals surface area contributed by atoms with E-state index in [1.54, 1.807) is 0 Å². The van der Waals surface area contributed by atoms with Crippen molar-refractivity contribution in [3.05, 3.63) is 23.8 Å². The van der Waals surface area contributed by atoms with Gasteiger partial charge in [0.2, 0.25) is 0 Å². The fraction of sp³-hybridized carbons (Fsp3) is 0.333. The summed E-state index contributed by atoms with van der Waals surface area (Å²) in [5.74, 6) is 2.68. The average molecular weight is 243 g/mol. The van der Waals surface area contributed by atoms with Crippen molar-refractivity contribution in [1.29, 1.82) is 0 Å². The molecule has 92 valence electrons. The summed E-state index contributed by atoms with van der Waals surface area (Å²) in [7, 11) is 0. The standard InChI is InChI=1S/C12H12F3NO/c1-2-3-4-7-17-11-6-5-9(8-10(11)16)12(13,14)15/h1,5-6,8H,3-4,7,16H2. The minimum Gasteiger partial charge on any atom is -0.491 e. The molecule has 0 amide bonds. The highest BCUT2D eigenvalue weighted by molar-refractivity contribution is 5.54. The van der Waals surface area contributed by atoms with Crippen LogP contribution >= 0.6 is 0 Å². The van der Waals surface area contributed by atoms with Crippen LogP contribution in [0.3, 0.4) is 0 Å². The van der Waals surface area contributed by atoms with Crippen LogP contribution in [0.15, 0.2) is 18.2 Å². The molecule has 0 unspecified atom stereocenters. The van der Waals surface area contributed by atoms with Crippen LogP contribution in [0.25, 0.3) is 0 Å². The molecule has 1 aromatic carbocycles. The third-order valence-corrected chi connectivity index (χ3v) is 2.06. The predicted octanol–water partition coefficient (Wildman–Crippen LogP) is 3.08. The maximum Gasteiger partial charge on any atom is 0.416 e. The Morgan fingerprint density at radius 3 is 2.59 bits per heavy atom. The highest BCUT2D eigenvalue weighted by atomic mass is 19.4. The van der Waals surface area contributed by atoms with Gasteiger partial charge in [0.25, 0.3) is 0 Å². The quantitative estimate of drug-likeness (QED) is 0.501.